The van der Waals surface area contributed by atoms with Crippen molar-refractivity contribution in [3.05, 3.63) is 59.2 Å². The van der Waals surface area contributed by atoms with E-state index in [1.54, 1.807) is 31.2 Å². The van der Waals surface area contributed by atoms with Crippen LogP contribution >= 0.6 is 0 Å². The summed E-state index contributed by atoms with van der Waals surface area (Å²) < 4.78 is 5.74. The first-order valence-corrected chi connectivity index (χ1v) is 8.84. The van der Waals surface area contributed by atoms with Crippen LogP contribution in [0, 0.1) is 13.8 Å². The van der Waals surface area contributed by atoms with E-state index in [1.807, 2.05) is 39.0 Å². The van der Waals surface area contributed by atoms with Crippen molar-refractivity contribution in [3.8, 4) is 5.75 Å². The Morgan fingerprint density at radius 3 is 2.50 bits per heavy atom. The molecule has 5 heteroatoms. The fourth-order valence-electron chi connectivity index (χ4n) is 2.40. The van der Waals surface area contributed by atoms with Crippen molar-refractivity contribution in [3.63, 3.8) is 0 Å². The average Bonchev–Trinajstić information content (AvgIpc) is 2.63. The molecule has 0 heterocycles. The SMILES string of the molecule is CCCNC(=O)c1ccccc1NC(=O)[C@@H](C)Oc1ccc(C)c(C)c1. The number of para-hydroxylation sites is 1. The highest BCUT2D eigenvalue weighted by Gasteiger charge is 2.18. The molecular formula is C21H26N2O3. The number of carbonyl (C=O) groups is 2. The number of hydrogen-bond acceptors (Lipinski definition) is 3. The summed E-state index contributed by atoms with van der Waals surface area (Å²) in [6.07, 6.45) is 0.157. The lowest BCUT2D eigenvalue weighted by atomic mass is 10.1. The van der Waals surface area contributed by atoms with Crippen molar-refractivity contribution >= 4 is 17.5 Å². The Balaban J connectivity index is 2.06. The van der Waals surface area contributed by atoms with Crippen molar-refractivity contribution < 1.29 is 14.3 Å². The summed E-state index contributed by atoms with van der Waals surface area (Å²) in [5, 5.41) is 5.61. The van der Waals surface area contributed by atoms with Crippen molar-refractivity contribution in [2.45, 2.75) is 40.2 Å². The van der Waals surface area contributed by atoms with Gasteiger partial charge in [-0.1, -0.05) is 25.1 Å². The Bertz CT molecular complexity index is 787. The molecule has 0 fully saturated rings. The van der Waals surface area contributed by atoms with Crippen LogP contribution in [0.5, 0.6) is 5.75 Å². The maximum atomic E-state index is 12.5. The van der Waals surface area contributed by atoms with E-state index >= 15 is 0 Å². The molecule has 1 atom stereocenters. The maximum Gasteiger partial charge on any atom is 0.265 e. The lowest BCUT2D eigenvalue weighted by Gasteiger charge is -2.17. The summed E-state index contributed by atoms with van der Waals surface area (Å²) in [5.41, 5.74) is 3.18. The zero-order valence-corrected chi connectivity index (χ0v) is 15.8. The molecule has 0 aliphatic rings. The predicted molar refractivity (Wildman–Crippen MR) is 104 cm³/mol. The Morgan fingerprint density at radius 1 is 1.08 bits per heavy atom. The van der Waals surface area contributed by atoms with Gasteiger partial charge in [-0.05, 0) is 62.6 Å². The standard InChI is InChI=1S/C21H26N2O3/c1-5-12-22-21(25)18-8-6-7-9-19(18)23-20(24)16(4)26-17-11-10-14(2)15(3)13-17/h6-11,13,16H,5,12H2,1-4H3,(H,22,25)(H,23,24)/t16-/m1/s1. The van der Waals surface area contributed by atoms with Gasteiger partial charge in [-0.2, -0.15) is 0 Å². The highest BCUT2D eigenvalue weighted by molar-refractivity contribution is 6.04. The fraction of sp³-hybridized carbons (Fsp3) is 0.333. The van der Waals surface area contributed by atoms with Crippen LogP contribution in [0.1, 0.15) is 41.8 Å². The number of amides is 2. The third kappa shape index (κ3) is 5.09. The molecule has 0 unspecified atom stereocenters. The van der Waals surface area contributed by atoms with E-state index in [1.165, 1.54) is 5.56 Å². The number of benzene rings is 2. The van der Waals surface area contributed by atoms with Crippen LogP contribution in [0.2, 0.25) is 0 Å². The molecule has 138 valence electrons. The number of hydrogen-bond donors (Lipinski definition) is 2. The van der Waals surface area contributed by atoms with Crippen LogP contribution in [0.15, 0.2) is 42.5 Å². The number of carbonyl (C=O) groups excluding carboxylic acids is 2. The number of anilines is 1. The van der Waals surface area contributed by atoms with Gasteiger partial charge < -0.3 is 15.4 Å². The minimum Gasteiger partial charge on any atom is -0.481 e. The van der Waals surface area contributed by atoms with Gasteiger partial charge in [-0.3, -0.25) is 9.59 Å². The molecule has 0 spiro atoms. The van der Waals surface area contributed by atoms with Gasteiger partial charge in [0.2, 0.25) is 0 Å². The number of ether oxygens (including phenoxy) is 1. The van der Waals surface area contributed by atoms with E-state index in [0.717, 1.165) is 12.0 Å². The molecule has 0 saturated carbocycles. The number of aryl methyl sites for hydroxylation is 2. The molecule has 0 aromatic heterocycles. The minimum absolute atomic E-state index is 0.203. The number of rotatable bonds is 7. The Labute approximate surface area is 154 Å². The average molecular weight is 354 g/mol. The molecule has 0 aliphatic heterocycles. The van der Waals surface area contributed by atoms with Crippen LogP contribution in [0.25, 0.3) is 0 Å². The van der Waals surface area contributed by atoms with Crippen LogP contribution in [-0.4, -0.2) is 24.5 Å². The Morgan fingerprint density at radius 2 is 1.81 bits per heavy atom. The molecule has 0 aliphatic carbocycles. The van der Waals surface area contributed by atoms with E-state index < -0.39 is 6.10 Å². The third-order valence-electron chi connectivity index (χ3n) is 4.13. The van der Waals surface area contributed by atoms with Gasteiger partial charge in [0, 0.05) is 6.54 Å². The van der Waals surface area contributed by atoms with Gasteiger partial charge >= 0.3 is 0 Å². The second kappa shape index (κ2) is 9.04. The van der Waals surface area contributed by atoms with Gasteiger partial charge in [0.1, 0.15) is 5.75 Å². The van der Waals surface area contributed by atoms with Crippen molar-refractivity contribution in [1.29, 1.82) is 0 Å². The maximum absolute atomic E-state index is 12.5. The lowest BCUT2D eigenvalue weighted by Crippen LogP contribution is -2.32. The Hall–Kier alpha value is -2.82. The van der Waals surface area contributed by atoms with Gasteiger partial charge in [-0.25, -0.2) is 0 Å². The summed E-state index contributed by atoms with van der Waals surface area (Å²) in [7, 11) is 0. The zero-order valence-electron chi connectivity index (χ0n) is 15.8. The quantitative estimate of drug-likeness (QED) is 0.794. The molecule has 2 rings (SSSR count). The van der Waals surface area contributed by atoms with Gasteiger partial charge in [-0.15, -0.1) is 0 Å². The first kappa shape index (κ1) is 19.5. The topological polar surface area (TPSA) is 67.4 Å². The molecule has 5 nitrogen and oxygen atoms in total. The lowest BCUT2D eigenvalue weighted by molar-refractivity contribution is -0.122. The molecule has 26 heavy (non-hydrogen) atoms. The van der Waals surface area contributed by atoms with Crippen LogP contribution in [0.3, 0.4) is 0 Å². The molecular weight excluding hydrogens is 328 g/mol. The molecule has 0 radical (unpaired) electrons. The summed E-state index contributed by atoms with van der Waals surface area (Å²) in [6.45, 7) is 8.28. The van der Waals surface area contributed by atoms with Crippen molar-refractivity contribution in [2.75, 3.05) is 11.9 Å². The van der Waals surface area contributed by atoms with Crippen LogP contribution in [-0.2, 0) is 4.79 Å². The first-order valence-electron chi connectivity index (χ1n) is 8.84. The van der Waals surface area contributed by atoms with E-state index in [-0.39, 0.29) is 11.8 Å². The number of nitrogens with one attached hydrogen (secondary N) is 2. The van der Waals surface area contributed by atoms with Crippen LogP contribution < -0.4 is 15.4 Å². The fourth-order valence-corrected chi connectivity index (χ4v) is 2.40. The highest BCUT2D eigenvalue weighted by atomic mass is 16.5. The van der Waals surface area contributed by atoms with Gasteiger partial charge in [0.05, 0.1) is 11.3 Å². The van der Waals surface area contributed by atoms with E-state index in [4.69, 9.17) is 4.74 Å². The second-order valence-corrected chi connectivity index (χ2v) is 6.30. The second-order valence-electron chi connectivity index (χ2n) is 6.30. The van der Waals surface area contributed by atoms with E-state index in [2.05, 4.69) is 10.6 Å². The molecule has 2 amide bonds. The normalized spacial score (nSPS) is 11.5. The summed E-state index contributed by atoms with van der Waals surface area (Å²) >= 11 is 0. The minimum atomic E-state index is -0.691. The first-order chi connectivity index (χ1) is 12.4. The largest absolute Gasteiger partial charge is 0.481 e. The molecule has 2 aromatic carbocycles. The van der Waals surface area contributed by atoms with Crippen LogP contribution in [0.4, 0.5) is 5.69 Å². The predicted octanol–water partition coefficient (Wildman–Crippen LogP) is 3.85. The molecule has 2 aromatic rings. The van der Waals surface area contributed by atoms with E-state index in [0.29, 0.717) is 23.5 Å². The summed E-state index contributed by atoms with van der Waals surface area (Å²) in [4.78, 5) is 24.7. The van der Waals surface area contributed by atoms with Gasteiger partial charge in [0.15, 0.2) is 6.10 Å². The van der Waals surface area contributed by atoms with Gasteiger partial charge in [0.25, 0.3) is 11.8 Å². The monoisotopic (exact) mass is 354 g/mol. The van der Waals surface area contributed by atoms with Crippen molar-refractivity contribution in [2.24, 2.45) is 0 Å². The van der Waals surface area contributed by atoms with Crippen molar-refractivity contribution in [1.82, 2.24) is 5.32 Å². The zero-order chi connectivity index (χ0) is 19.1. The summed E-state index contributed by atoms with van der Waals surface area (Å²) in [6, 6.07) is 12.7. The summed E-state index contributed by atoms with van der Waals surface area (Å²) in [5.74, 6) is 0.133. The third-order valence-corrected chi connectivity index (χ3v) is 4.13. The smallest absolute Gasteiger partial charge is 0.265 e. The Kier molecular flexibility index (Phi) is 6.78. The highest BCUT2D eigenvalue weighted by Crippen LogP contribution is 2.19. The van der Waals surface area contributed by atoms with E-state index in [9.17, 15) is 9.59 Å². The molecule has 2 N–H and O–H groups in total. The molecule has 0 saturated heterocycles. The molecule has 0 bridgehead atoms.